The maximum Gasteiger partial charge on any atom is 0.0821 e. The molecule has 20 heavy (non-hydrogen) atoms. The summed E-state index contributed by atoms with van der Waals surface area (Å²) in [6.07, 6.45) is 0. The highest BCUT2D eigenvalue weighted by Crippen LogP contribution is 2.21. The van der Waals surface area contributed by atoms with Gasteiger partial charge in [0.05, 0.1) is 10.9 Å². The molecule has 2 rings (SSSR count). The van der Waals surface area contributed by atoms with E-state index in [4.69, 9.17) is 18.0 Å². The van der Waals surface area contributed by atoms with E-state index in [1.807, 2.05) is 18.2 Å². The highest BCUT2D eigenvalue weighted by Gasteiger charge is 2.17. The van der Waals surface area contributed by atoms with Gasteiger partial charge in [0.2, 0.25) is 0 Å². The van der Waals surface area contributed by atoms with Gasteiger partial charge < -0.3 is 10.6 Å². The molecule has 2 nitrogen and oxygen atoms in total. The van der Waals surface area contributed by atoms with E-state index >= 15 is 0 Å². The van der Waals surface area contributed by atoms with Crippen molar-refractivity contribution in [3.05, 3.63) is 65.7 Å². The minimum atomic E-state index is 0.0664. The molecule has 1 atom stereocenters. The van der Waals surface area contributed by atoms with Gasteiger partial charge in [-0.1, -0.05) is 54.7 Å². The van der Waals surface area contributed by atoms with Crippen molar-refractivity contribution in [3.63, 3.8) is 0 Å². The Hall–Kier alpha value is -1.87. The molecular weight excluding hydrogens is 264 g/mol. The molecule has 0 aliphatic rings. The molecule has 0 spiro atoms. The van der Waals surface area contributed by atoms with Gasteiger partial charge in [-0.25, -0.2) is 0 Å². The van der Waals surface area contributed by atoms with Gasteiger partial charge in [-0.15, -0.1) is 0 Å². The highest BCUT2D eigenvalue weighted by atomic mass is 32.1. The summed E-state index contributed by atoms with van der Waals surface area (Å²) < 4.78 is 0. The quantitative estimate of drug-likeness (QED) is 0.852. The third-order valence-electron chi connectivity index (χ3n) is 3.44. The Balaban J connectivity index is 2.19. The zero-order chi connectivity index (χ0) is 14.5. The van der Waals surface area contributed by atoms with E-state index in [1.54, 1.807) is 0 Å². The monoisotopic (exact) mass is 284 g/mol. The number of hydrogen-bond acceptors (Lipinski definition) is 2. The minimum Gasteiger partial charge on any atom is -0.393 e. The number of likely N-dealkylation sites (N-methyl/N-ethyl adjacent to an activating group) is 1. The molecule has 0 heterocycles. The van der Waals surface area contributed by atoms with Crippen LogP contribution in [0, 0.1) is 6.92 Å². The predicted octanol–water partition coefficient (Wildman–Crippen LogP) is 3.50. The summed E-state index contributed by atoms with van der Waals surface area (Å²) >= 11 is 5.24. The van der Waals surface area contributed by atoms with Gasteiger partial charge in [0.1, 0.15) is 0 Å². The minimum absolute atomic E-state index is 0.0664. The number of anilines is 1. The van der Waals surface area contributed by atoms with E-state index in [0.29, 0.717) is 4.99 Å². The Morgan fingerprint density at radius 3 is 2.45 bits per heavy atom. The fourth-order valence-electron chi connectivity index (χ4n) is 2.29. The molecule has 2 aromatic rings. The molecule has 2 N–H and O–H groups in total. The van der Waals surface area contributed by atoms with Gasteiger partial charge >= 0.3 is 0 Å². The number of rotatable bonds is 5. The molecule has 0 amide bonds. The largest absolute Gasteiger partial charge is 0.393 e. The molecule has 2 aromatic carbocycles. The Morgan fingerprint density at radius 1 is 1.15 bits per heavy atom. The van der Waals surface area contributed by atoms with Gasteiger partial charge in [0.15, 0.2) is 0 Å². The number of hydrogen-bond donors (Lipinski definition) is 1. The first-order chi connectivity index (χ1) is 9.58. The van der Waals surface area contributed by atoms with E-state index in [9.17, 15) is 0 Å². The van der Waals surface area contributed by atoms with E-state index in [0.717, 1.165) is 6.54 Å². The van der Waals surface area contributed by atoms with E-state index < -0.39 is 0 Å². The van der Waals surface area contributed by atoms with Gasteiger partial charge in [-0.05, 0) is 30.2 Å². The lowest BCUT2D eigenvalue weighted by molar-refractivity contribution is 0.825. The van der Waals surface area contributed by atoms with Crippen LogP contribution in [0.4, 0.5) is 5.69 Å². The first-order valence-electron chi connectivity index (χ1n) is 6.70. The molecule has 0 radical (unpaired) electrons. The molecule has 0 fully saturated rings. The summed E-state index contributed by atoms with van der Waals surface area (Å²) in [5.41, 5.74) is 9.53. The van der Waals surface area contributed by atoms with Crippen LogP contribution in [0.1, 0.15) is 17.0 Å². The Morgan fingerprint density at radius 2 is 1.85 bits per heavy atom. The maximum absolute atomic E-state index is 5.93. The second-order valence-electron chi connectivity index (χ2n) is 5.09. The van der Waals surface area contributed by atoms with Crippen LogP contribution < -0.4 is 10.6 Å². The average Bonchev–Trinajstić information content (AvgIpc) is 2.45. The maximum atomic E-state index is 5.93. The fraction of sp³-hybridized carbons (Fsp3) is 0.235. The zero-order valence-electron chi connectivity index (χ0n) is 11.9. The molecule has 3 heteroatoms. The normalized spacial score (nSPS) is 11.9. The number of nitrogens with two attached hydrogens (primary N) is 1. The summed E-state index contributed by atoms with van der Waals surface area (Å²) in [5, 5.41) is 0. The molecule has 104 valence electrons. The van der Waals surface area contributed by atoms with Crippen molar-refractivity contribution in [2.24, 2.45) is 5.73 Å². The third kappa shape index (κ3) is 3.58. The summed E-state index contributed by atoms with van der Waals surface area (Å²) in [7, 11) is 2.07. The van der Waals surface area contributed by atoms with Crippen molar-refractivity contribution in [3.8, 4) is 0 Å². The van der Waals surface area contributed by atoms with Crippen molar-refractivity contribution in [2.75, 3.05) is 18.5 Å². The van der Waals surface area contributed by atoms with Crippen LogP contribution in [0.5, 0.6) is 0 Å². The fourth-order valence-corrected chi connectivity index (χ4v) is 2.50. The zero-order valence-corrected chi connectivity index (χ0v) is 12.7. The topological polar surface area (TPSA) is 29.3 Å². The van der Waals surface area contributed by atoms with Gasteiger partial charge in [0.25, 0.3) is 0 Å². The van der Waals surface area contributed by atoms with Crippen molar-refractivity contribution in [1.29, 1.82) is 0 Å². The second kappa shape index (κ2) is 6.53. The third-order valence-corrected chi connectivity index (χ3v) is 3.73. The summed E-state index contributed by atoms with van der Waals surface area (Å²) in [6, 6.07) is 18.6. The van der Waals surface area contributed by atoms with Crippen LogP contribution in [0.2, 0.25) is 0 Å². The lowest BCUT2D eigenvalue weighted by atomic mass is 9.98. The van der Waals surface area contributed by atoms with Gasteiger partial charge in [-0.3, -0.25) is 0 Å². The van der Waals surface area contributed by atoms with E-state index in [-0.39, 0.29) is 5.92 Å². The van der Waals surface area contributed by atoms with Crippen molar-refractivity contribution < 1.29 is 0 Å². The molecule has 0 aromatic heterocycles. The van der Waals surface area contributed by atoms with Crippen LogP contribution >= 0.6 is 12.2 Å². The number of aryl methyl sites for hydroxylation is 1. The number of benzene rings is 2. The predicted molar refractivity (Wildman–Crippen MR) is 90.4 cm³/mol. The summed E-state index contributed by atoms with van der Waals surface area (Å²) in [4.78, 5) is 2.74. The second-order valence-corrected chi connectivity index (χ2v) is 5.56. The highest BCUT2D eigenvalue weighted by molar-refractivity contribution is 7.80. The first-order valence-corrected chi connectivity index (χ1v) is 7.11. The van der Waals surface area contributed by atoms with Gasteiger partial charge in [0, 0.05) is 19.3 Å². The van der Waals surface area contributed by atoms with Gasteiger partial charge in [-0.2, -0.15) is 0 Å². The van der Waals surface area contributed by atoms with Crippen LogP contribution in [0.25, 0.3) is 0 Å². The Kier molecular flexibility index (Phi) is 4.74. The molecule has 0 aliphatic carbocycles. The molecule has 0 bridgehead atoms. The van der Waals surface area contributed by atoms with Crippen molar-refractivity contribution in [1.82, 2.24) is 0 Å². The molecule has 0 saturated heterocycles. The Labute approximate surface area is 126 Å². The SMILES string of the molecule is Cc1cccc(N(C)CC(C(N)=S)c2ccccc2)c1. The van der Waals surface area contributed by atoms with Crippen LogP contribution in [-0.4, -0.2) is 18.6 Å². The Bertz CT molecular complexity index is 581. The summed E-state index contributed by atoms with van der Waals surface area (Å²) in [5.74, 6) is 0.0664. The number of nitrogens with zero attached hydrogens (tertiary/aromatic N) is 1. The lowest BCUT2D eigenvalue weighted by Crippen LogP contribution is -2.31. The first kappa shape index (κ1) is 14.5. The van der Waals surface area contributed by atoms with E-state index in [2.05, 4.69) is 55.3 Å². The molecule has 1 unspecified atom stereocenters. The van der Waals surface area contributed by atoms with Crippen molar-refractivity contribution >= 4 is 22.9 Å². The molecular formula is C17H20N2S. The van der Waals surface area contributed by atoms with Crippen LogP contribution in [-0.2, 0) is 0 Å². The smallest absolute Gasteiger partial charge is 0.0821 e. The molecule has 0 saturated carbocycles. The average molecular weight is 284 g/mol. The van der Waals surface area contributed by atoms with Crippen LogP contribution in [0.3, 0.4) is 0 Å². The molecule has 0 aliphatic heterocycles. The standard InChI is InChI=1S/C17H20N2S/c1-13-7-6-10-15(11-13)19(2)12-16(17(18)20)14-8-4-3-5-9-14/h3-11,16H,12H2,1-2H3,(H2,18,20). The summed E-state index contributed by atoms with van der Waals surface area (Å²) in [6.45, 7) is 2.88. The number of thiocarbonyl (C=S) groups is 1. The van der Waals surface area contributed by atoms with Crippen LogP contribution in [0.15, 0.2) is 54.6 Å². The lowest BCUT2D eigenvalue weighted by Gasteiger charge is -2.25. The van der Waals surface area contributed by atoms with E-state index in [1.165, 1.54) is 16.8 Å². The van der Waals surface area contributed by atoms with Crippen molar-refractivity contribution in [2.45, 2.75) is 12.8 Å².